The Morgan fingerprint density at radius 2 is 2.04 bits per heavy atom. The van der Waals surface area contributed by atoms with Crippen LogP contribution < -0.4 is 0 Å². The summed E-state index contributed by atoms with van der Waals surface area (Å²) in [5.41, 5.74) is 3.92. The molecule has 1 unspecified atom stereocenters. The normalized spacial score (nSPS) is 18.9. The number of carbonyl (C=O) groups excluding carboxylic acids is 1. The molecule has 1 amide bonds. The second-order valence-electron chi connectivity index (χ2n) is 5.98. The number of aryl methyl sites for hydroxylation is 1. The van der Waals surface area contributed by atoms with E-state index in [1.807, 2.05) is 23.1 Å². The first-order chi connectivity index (χ1) is 11.1. The van der Waals surface area contributed by atoms with Gasteiger partial charge in [-0.25, -0.2) is 4.79 Å². The number of carboxylic acid groups (broad SMARTS) is 1. The molecule has 2 aromatic carbocycles. The first kappa shape index (κ1) is 14.3. The smallest absolute Gasteiger partial charge is 0.335 e. The highest BCUT2D eigenvalue weighted by atomic mass is 35.5. The summed E-state index contributed by atoms with van der Waals surface area (Å²) in [5, 5.41) is 9.60. The Morgan fingerprint density at radius 3 is 2.78 bits per heavy atom. The quantitative estimate of drug-likeness (QED) is 0.915. The van der Waals surface area contributed by atoms with Crippen LogP contribution in [-0.2, 0) is 13.0 Å². The number of halogens is 1. The maximum Gasteiger partial charge on any atom is 0.335 e. The maximum atomic E-state index is 12.7. The van der Waals surface area contributed by atoms with E-state index in [0.717, 1.165) is 29.5 Å². The van der Waals surface area contributed by atoms with E-state index in [1.54, 1.807) is 18.2 Å². The lowest BCUT2D eigenvalue weighted by atomic mass is 10.0. The molecule has 4 rings (SSSR count). The molecular formula is C18H14ClNO3. The van der Waals surface area contributed by atoms with Crippen LogP contribution in [0.15, 0.2) is 36.4 Å². The Labute approximate surface area is 138 Å². The summed E-state index contributed by atoms with van der Waals surface area (Å²) < 4.78 is 0. The Kier molecular flexibility index (Phi) is 3.16. The number of nitrogens with zero attached hydrogens (tertiary/aromatic N) is 1. The minimum absolute atomic E-state index is 0.0104. The van der Waals surface area contributed by atoms with Gasteiger partial charge in [-0.05, 0) is 47.7 Å². The molecule has 116 valence electrons. The summed E-state index contributed by atoms with van der Waals surface area (Å²) in [6.07, 6.45) is 1.60. The van der Waals surface area contributed by atoms with E-state index in [9.17, 15) is 9.59 Å². The molecule has 1 aliphatic heterocycles. The third-order valence-electron chi connectivity index (χ3n) is 4.73. The van der Waals surface area contributed by atoms with Gasteiger partial charge in [-0.1, -0.05) is 29.8 Å². The number of benzene rings is 2. The molecule has 0 aromatic heterocycles. The molecule has 2 aromatic rings. The van der Waals surface area contributed by atoms with Crippen molar-refractivity contribution in [1.29, 1.82) is 0 Å². The highest BCUT2D eigenvalue weighted by molar-refractivity contribution is 6.34. The standard InChI is InChI=1S/C18H14ClNO3/c19-14-3-1-2-12-9-20(17(21)16(12)14)15-7-5-10-8-11(18(22)23)4-6-13(10)15/h1-4,6,8,15H,5,7,9H2,(H,22,23). The number of amides is 1. The Balaban J connectivity index is 1.69. The molecule has 1 N–H and O–H groups in total. The van der Waals surface area contributed by atoms with Gasteiger partial charge in [0.15, 0.2) is 0 Å². The second-order valence-corrected chi connectivity index (χ2v) is 6.39. The van der Waals surface area contributed by atoms with Gasteiger partial charge >= 0.3 is 5.97 Å². The molecule has 0 spiro atoms. The molecule has 0 bridgehead atoms. The van der Waals surface area contributed by atoms with Gasteiger partial charge in [0.2, 0.25) is 0 Å². The van der Waals surface area contributed by atoms with Crippen molar-refractivity contribution >= 4 is 23.5 Å². The van der Waals surface area contributed by atoms with Crippen LogP contribution in [0.5, 0.6) is 0 Å². The summed E-state index contributed by atoms with van der Waals surface area (Å²) in [7, 11) is 0. The van der Waals surface area contributed by atoms with Crippen molar-refractivity contribution in [3.8, 4) is 0 Å². The van der Waals surface area contributed by atoms with E-state index in [0.29, 0.717) is 22.7 Å². The van der Waals surface area contributed by atoms with Crippen molar-refractivity contribution < 1.29 is 14.7 Å². The van der Waals surface area contributed by atoms with Crippen LogP contribution in [0.4, 0.5) is 0 Å². The molecule has 4 nitrogen and oxygen atoms in total. The zero-order valence-corrected chi connectivity index (χ0v) is 13.0. The maximum absolute atomic E-state index is 12.7. The van der Waals surface area contributed by atoms with Gasteiger partial charge in [-0.15, -0.1) is 0 Å². The van der Waals surface area contributed by atoms with Crippen LogP contribution in [-0.4, -0.2) is 21.9 Å². The predicted octanol–water partition coefficient (Wildman–Crippen LogP) is 3.68. The molecule has 1 heterocycles. The molecular weight excluding hydrogens is 314 g/mol. The molecule has 1 aliphatic carbocycles. The molecule has 0 radical (unpaired) electrons. The Bertz CT molecular complexity index is 846. The third-order valence-corrected chi connectivity index (χ3v) is 5.04. The molecule has 0 fully saturated rings. The predicted molar refractivity (Wildman–Crippen MR) is 85.8 cm³/mol. The van der Waals surface area contributed by atoms with E-state index in [4.69, 9.17) is 16.7 Å². The van der Waals surface area contributed by atoms with Crippen LogP contribution in [0.1, 0.15) is 49.9 Å². The summed E-state index contributed by atoms with van der Waals surface area (Å²) >= 11 is 6.18. The Morgan fingerprint density at radius 1 is 1.22 bits per heavy atom. The number of hydrogen-bond donors (Lipinski definition) is 1. The summed E-state index contributed by atoms with van der Waals surface area (Å²) in [4.78, 5) is 25.7. The van der Waals surface area contributed by atoms with Crippen molar-refractivity contribution in [3.63, 3.8) is 0 Å². The first-order valence-corrected chi connectivity index (χ1v) is 7.88. The fraction of sp³-hybridized carbons (Fsp3) is 0.222. The summed E-state index contributed by atoms with van der Waals surface area (Å²) in [6, 6.07) is 10.7. The monoisotopic (exact) mass is 327 g/mol. The van der Waals surface area contributed by atoms with Crippen LogP contribution in [0, 0.1) is 0 Å². The first-order valence-electron chi connectivity index (χ1n) is 7.50. The summed E-state index contributed by atoms with van der Waals surface area (Å²) in [6.45, 7) is 0.555. The molecule has 0 saturated heterocycles. The van der Waals surface area contributed by atoms with Crippen molar-refractivity contribution in [2.24, 2.45) is 0 Å². The van der Waals surface area contributed by atoms with Gasteiger partial charge in [0, 0.05) is 6.54 Å². The van der Waals surface area contributed by atoms with Crippen molar-refractivity contribution in [3.05, 3.63) is 69.2 Å². The lowest BCUT2D eigenvalue weighted by Gasteiger charge is -2.25. The SMILES string of the molecule is O=C(O)c1ccc2c(c1)CCC2N1Cc2cccc(Cl)c2C1=O. The number of aromatic carboxylic acids is 1. The molecule has 23 heavy (non-hydrogen) atoms. The molecule has 2 aliphatic rings. The molecule has 0 saturated carbocycles. The van der Waals surface area contributed by atoms with E-state index in [-0.39, 0.29) is 11.9 Å². The van der Waals surface area contributed by atoms with E-state index >= 15 is 0 Å². The second kappa shape index (κ2) is 5.10. The van der Waals surface area contributed by atoms with Crippen molar-refractivity contribution in [2.45, 2.75) is 25.4 Å². The number of fused-ring (bicyclic) bond motifs is 2. The van der Waals surface area contributed by atoms with E-state index < -0.39 is 5.97 Å². The zero-order chi connectivity index (χ0) is 16.1. The van der Waals surface area contributed by atoms with Gasteiger partial charge in [0.1, 0.15) is 0 Å². The fourth-order valence-electron chi connectivity index (χ4n) is 3.64. The van der Waals surface area contributed by atoms with Crippen LogP contribution in [0.25, 0.3) is 0 Å². The van der Waals surface area contributed by atoms with Crippen LogP contribution in [0.2, 0.25) is 5.02 Å². The van der Waals surface area contributed by atoms with Gasteiger partial charge < -0.3 is 10.0 Å². The third kappa shape index (κ3) is 2.13. The van der Waals surface area contributed by atoms with Gasteiger partial charge in [0.05, 0.1) is 22.2 Å². The largest absolute Gasteiger partial charge is 0.478 e. The molecule has 5 heteroatoms. The minimum Gasteiger partial charge on any atom is -0.478 e. The fourth-order valence-corrected chi connectivity index (χ4v) is 3.92. The highest BCUT2D eigenvalue weighted by Gasteiger charge is 2.37. The molecule has 1 atom stereocenters. The number of hydrogen-bond acceptors (Lipinski definition) is 2. The van der Waals surface area contributed by atoms with Gasteiger partial charge in [-0.2, -0.15) is 0 Å². The average Bonchev–Trinajstić information content (AvgIpc) is 3.08. The zero-order valence-electron chi connectivity index (χ0n) is 12.3. The highest BCUT2D eigenvalue weighted by Crippen LogP contribution is 2.41. The van der Waals surface area contributed by atoms with E-state index in [2.05, 4.69) is 0 Å². The van der Waals surface area contributed by atoms with Crippen molar-refractivity contribution in [2.75, 3.05) is 0 Å². The van der Waals surface area contributed by atoms with E-state index in [1.165, 1.54) is 0 Å². The average molecular weight is 328 g/mol. The number of carboxylic acids is 1. The summed E-state index contributed by atoms with van der Waals surface area (Å²) in [5.74, 6) is -0.960. The minimum atomic E-state index is -0.923. The number of rotatable bonds is 2. The Hall–Kier alpha value is -2.33. The van der Waals surface area contributed by atoms with Crippen LogP contribution in [0.3, 0.4) is 0 Å². The van der Waals surface area contributed by atoms with Crippen molar-refractivity contribution in [1.82, 2.24) is 4.90 Å². The van der Waals surface area contributed by atoms with Crippen LogP contribution >= 0.6 is 11.6 Å². The number of carbonyl (C=O) groups is 2. The lowest BCUT2D eigenvalue weighted by Crippen LogP contribution is -2.27. The van der Waals surface area contributed by atoms with Gasteiger partial charge in [0.25, 0.3) is 5.91 Å². The van der Waals surface area contributed by atoms with Gasteiger partial charge in [-0.3, -0.25) is 4.79 Å². The lowest BCUT2D eigenvalue weighted by molar-refractivity contribution is 0.0688. The topological polar surface area (TPSA) is 57.6 Å².